The quantitative estimate of drug-likeness (QED) is 0.819. The minimum absolute atomic E-state index is 0.0218. The fourth-order valence-corrected chi connectivity index (χ4v) is 3.22. The van der Waals surface area contributed by atoms with Gasteiger partial charge in [-0.2, -0.15) is 0 Å². The van der Waals surface area contributed by atoms with Crippen LogP contribution in [0.3, 0.4) is 0 Å². The van der Waals surface area contributed by atoms with Crippen LogP contribution in [0.1, 0.15) is 50.2 Å². The van der Waals surface area contributed by atoms with Gasteiger partial charge in [0.05, 0.1) is 12.3 Å². The average molecular weight is 302 g/mol. The highest BCUT2D eigenvalue weighted by Crippen LogP contribution is 2.23. The van der Waals surface area contributed by atoms with E-state index in [0.717, 1.165) is 44.1 Å². The summed E-state index contributed by atoms with van der Waals surface area (Å²) in [5.74, 6) is -0.542. The third kappa shape index (κ3) is 4.58. The van der Waals surface area contributed by atoms with Crippen LogP contribution in [0.2, 0.25) is 0 Å². The normalized spacial score (nSPS) is 21.9. The molecule has 1 aromatic rings. The van der Waals surface area contributed by atoms with Gasteiger partial charge >= 0.3 is 0 Å². The van der Waals surface area contributed by atoms with E-state index in [-0.39, 0.29) is 23.8 Å². The molecule has 1 fully saturated rings. The molecule has 2 atom stereocenters. The van der Waals surface area contributed by atoms with Crippen LogP contribution in [0.25, 0.3) is 0 Å². The van der Waals surface area contributed by atoms with Crippen molar-refractivity contribution in [2.24, 2.45) is 11.7 Å². The maximum atomic E-state index is 12.3. The van der Waals surface area contributed by atoms with Gasteiger partial charge in [0.1, 0.15) is 0 Å². The van der Waals surface area contributed by atoms with Crippen LogP contribution in [0.4, 0.5) is 0 Å². The summed E-state index contributed by atoms with van der Waals surface area (Å²) < 4.78 is 0. The summed E-state index contributed by atoms with van der Waals surface area (Å²) in [4.78, 5) is 23.9. The van der Waals surface area contributed by atoms with Gasteiger partial charge in [-0.25, -0.2) is 0 Å². The van der Waals surface area contributed by atoms with Crippen LogP contribution in [0, 0.1) is 5.92 Å². The third-order valence-electron chi connectivity index (χ3n) is 4.49. The Balaban J connectivity index is 1.98. The Hall–Kier alpha value is -1.84. The second-order valence-corrected chi connectivity index (χ2v) is 6.17. The molecule has 1 aliphatic carbocycles. The molecule has 0 heterocycles. The lowest BCUT2D eigenvalue weighted by Gasteiger charge is -2.23. The van der Waals surface area contributed by atoms with E-state index in [9.17, 15) is 9.59 Å². The number of hydrogen-bond donors (Lipinski definition) is 2. The zero-order valence-corrected chi connectivity index (χ0v) is 13.3. The zero-order valence-electron chi connectivity index (χ0n) is 13.3. The molecule has 1 aromatic carbocycles. The molecule has 0 unspecified atom stereocenters. The molecule has 0 spiro atoms. The van der Waals surface area contributed by atoms with E-state index in [2.05, 4.69) is 24.4 Å². The number of nitrogens with two attached hydrogens (primary N) is 1. The number of hydrogen-bond acceptors (Lipinski definition) is 2. The van der Waals surface area contributed by atoms with Gasteiger partial charge in [-0.3, -0.25) is 9.59 Å². The summed E-state index contributed by atoms with van der Waals surface area (Å²) in [7, 11) is 0. The van der Waals surface area contributed by atoms with Crippen LogP contribution >= 0.6 is 0 Å². The molecular formula is C18H26N2O2. The van der Waals surface area contributed by atoms with Crippen molar-refractivity contribution in [2.75, 3.05) is 0 Å². The molecule has 3 N–H and O–H groups in total. The third-order valence-corrected chi connectivity index (χ3v) is 4.49. The Morgan fingerprint density at radius 3 is 2.64 bits per heavy atom. The topological polar surface area (TPSA) is 72.2 Å². The van der Waals surface area contributed by atoms with Crippen molar-refractivity contribution < 1.29 is 9.59 Å². The number of benzene rings is 1. The lowest BCUT2D eigenvalue weighted by atomic mass is 9.93. The molecule has 1 aliphatic rings. The summed E-state index contributed by atoms with van der Waals surface area (Å²) in [5.41, 5.74) is 7.75. The first-order valence-corrected chi connectivity index (χ1v) is 8.26. The largest absolute Gasteiger partial charge is 0.369 e. The zero-order chi connectivity index (χ0) is 15.9. The lowest BCUT2D eigenvalue weighted by Crippen LogP contribution is -2.45. The molecule has 4 heteroatoms. The van der Waals surface area contributed by atoms with Gasteiger partial charge in [-0.1, -0.05) is 50.5 Å². The van der Waals surface area contributed by atoms with Crippen molar-refractivity contribution in [3.8, 4) is 0 Å². The molecule has 2 amide bonds. The van der Waals surface area contributed by atoms with Gasteiger partial charge in [-0.05, 0) is 30.4 Å². The van der Waals surface area contributed by atoms with Gasteiger partial charge in [-0.15, -0.1) is 0 Å². The van der Waals surface area contributed by atoms with Gasteiger partial charge in [0.15, 0.2) is 0 Å². The molecular weight excluding hydrogens is 276 g/mol. The molecule has 0 radical (unpaired) electrons. The first kappa shape index (κ1) is 16.5. The number of amides is 2. The monoisotopic (exact) mass is 302 g/mol. The SMILES string of the molecule is CCc1cccc(CC(=O)N[C@H]2CCCCC[C@@H]2C(N)=O)c1. The summed E-state index contributed by atoms with van der Waals surface area (Å²) >= 11 is 0. The fourth-order valence-electron chi connectivity index (χ4n) is 3.22. The van der Waals surface area contributed by atoms with Crippen molar-refractivity contribution in [3.05, 3.63) is 35.4 Å². The van der Waals surface area contributed by atoms with Crippen molar-refractivity contribution in [3.63, 3.8) is 0 Å². The molecule has 0 bridgehead atoms. The fraction of sp³-hybridized carbons (Fsp3) is 0.556. The van der Waals surface area contributed by atoms with Crippen LogP contribution < -0.4 is 11.1 Å². The Kier molecular flexibility index (Phi) is 5.99. The highest BCUT2D eigenvalue weighted by atomic mass is 16.2. The molecule has 22 heavy (non-hydrogen) atoms. The predicted octanol–water partition coefficient (Wildman–Crippen LogP) is 2.34. The molecule has 120 valence electrons. The van der Waals surface area contributed by atoms with Gasteiger partial charge < -0.3 is 11.1 Å². The summed E-state index contributed by atoms with van der Waals surface area (Å²) in [5, 5.41) is 3.04. The number of carbonyl (C=O) groups is 2. The minimum Gasteiger partial charge on any atom is -0.369 e. The molecule has 0 aliphatic heterocycles. The number of aryl methyl sites for hydroxylation is 1. The van der Waals surface area contributed by atoms with Crippen LogP contribution in [-0.2, 0) is 22.4 Å². The highest BCUT2D eigenvalue weighted by Gasteiger charge is 2.29. The van der Waals surface area contributed by atoms with E-state index in [0.29, 0.717) is 6.42 Å². The van der Waals surface area contributed by atoms with Crippen molar-refractivity contribution >= 4 is 11.8 Å². The summed E-state index contributed by atoms with van der Waals surface area (Å²) in [6.07, 6.45) is 6.10. The molecule has 4 nitrogen and oxygen atoms in total. The van der Waals surface area contributed by atoms with E-state index in [1.807, 2.05) is 12.1 Å². The van der Waals surface area contributed by atoms with E-state index in [1.165, 1.54) is 5.56 Å². The van der Waals surface area contributed by atoms with Crippen LogP contribution in [0.15, 0.2) is 24.3 Å². The van der Waals surface area contributed by atoms with Crippen molar-refractivity contribution in [1.29, 1.82) is 0 Å². The van der Waals surface area contributed by atoms with E-state index < -0.39 is 0 Å². The van der Waals surface area contributed by atoms with Gasteiger partial charge in [0.2, 0.25) is 11.8 Å². The smallest absolute Gasteiger partial charge is 0.224 e. The van der Waals surface area contributed by atoms with E-state index in [1.54, 1.807) is 0 Å². The maximum absolute atomic E-state index is 12.3. The number of nitrogens with one attached hydrogen (secondary N) is 1. The van der Waals surface area contributed by atoms with Crippen LogP contribution in [0.5, 0.6) is 0 Å². The molecule has 1 saturated carbocycles. The second-order valence-electron chi connectivity index (χ2n) is 6.17. The molecule has 0 saturated heterocycles. The minimum atomic E-state index is -0.291. The number of rotatable bonds is 5. The maximum Gasteiger partial charge on any atom is 0.224 e. The van der Waals surface area contributed by atoms with Crippen LogP contribution in [-0.4, -0.2) is 17.9 Å². The number of carbonyl (C=O) groups excluding carboxylic acids is 2. The Morgan fingerprint density at radius 2 is 1.91 bits per heavy atom. The predicted molar refractivity (Wildman–Crippen MR) is 87.2 cm³/mol. The molecule has 0 aromatic heterocycles. The summed E-state index contributed by atoms with van der Waals surface area (Å²) in [6, 6.07) is 7.98. The Labute approximate surface area is 132 Å². The highest BCUT2D eigenvalue weighted by molar-refractivity contribution is 5.81. The van der Waals surface area contributed by atoms with Crippen molar-refractivity contribution in [2.45, 2.75) is 57.9 Å². The lowest BCUT2D eigenvalue weighted by molar-refractivity contribution is -0.125. The van der Waals surface area contributed by atoms with E-state index in [4.69, 9.17) is 5.73 Å². The summed E-state index contributed by atoms with van der Waals surface area (Å²) in [6.45, 7) is 2.10. The van der Waals surface area contributed by atoms with Gasteiger partial charge in [0, 0.05) is 6.04 Å². The van der Waals surface area contributed by atoms with Crippen molar-refractivity contribution in [1.82, 2.24) is 5.32 Å². The molecule has 2 rings (SSSR count). The Bertz CT molecular complexity index is 528. The van der Waals surface area contributed by atoms with E-state index >= 15 is 0 Å². The number of primary amides is 1. The second kappa shape index (κ2) is 7.97. The average Bonchev–Trinajstić information content (AvgIpc) is 2.72. The van der Waals surface area contributed by atoms with Gasteiger partial charge in [0.25, 0.3) is 0 Å². The first-order valence-electron chi connectivity index (χ1n) is 8.26. The Morgan fingerprint density at radius 1 is 1.18 bits per heavy atom. The standard InChI is InChI=1S/C18H26N2O2/c1-2-13-7-6-8-14(11-13)12-17(21)20-16-10-5-3-4-9-15(16)18(19)22/h6-8,11,15-16H,2-5,9-10,12H2,1H3,(H2,19,22)(H,20,21)/t15-,16-/m0/s1. The first-order chi connectivity index (χ1) is 10.6.